The third kappa shape index (κ3) is 2.42. The van der Waals surface area contributed by atoms with Gasteiger partial charge < -0.3 is 4.74 Å². The largest absolute Gasteiger partial charge is 1.00 e. The van der Waals surface area contributed by atoms with Gasteiger partial charge in [-0.15, -0.1) is 30.3 Å². The monoisotopic (exact) mass is 276 g/mol. The fourth-order valence-electron chi connectivity index (χ4n) is 1.25. The van der Waals surface area contributed by atoms with Crippen LogP contribution in [0.25, 0.3) is 0 Å². The standard InChI is InChI=1S/C11H12NO.Ru/c1-11(2)8-13-10(12-11)9-6-4-3-5-7-9;/h3-6H,8H2,1-2H3;/q-1;+1. The number of nitrogens with zero attached hydrogens (tertiary/aromatic N) is 1. The molecule has 0 N–H and O–H groups in total. The van der Waals surface area contributed by atoms with E-state index in [-0.39, 0.29) is 25.0 Å². The van der Waals surface area contributed by atoms with Gasteiger partial charge in [0.1, 0.15) is 12.5 Å². The van der Waals surface area contributed by atoms with E-state index in [1.54, 1.807) is 0 Å². The van der Waals surface area contributed by atoms with Crippen LogP contribution in [-0.2, 0) is 24.2 Å². The normalized spacial score (nSPS) is 18.0. The van der Waals surface area contributed by atoms with Crippen LogP contribution >= 0.6 is 0 Å². The van der Waals surface area contributed by atoms with Crippen LogP contribution in [0.2, 0.25) is 0 Å². The van der Waals surface area contributed by atoms with E-state index in [0.29, 0.717) is 12.5 Å². The molecule has 0 amide bonds. The van der Waals surface area contributed by atoms with E-state index >= 15 is 0 Å². The fraction of sp³-hybridized carbons (Fsp3) is 0.364. The van der Waals surface area contributed by atoms with E-state index in [1.807, 2.05) is 24.3 Å². The van der Waals surface area contributed by atoms with Crippen molar-refractivity contribution in [1.29, 1.82) is 0 Å². The van der Waals surface area contributed by atoms with Crippen LogP contribution in [0.4, 0.5) is 0 Å². The number of ether oxygens (including phenoxy) is 1. The summed E-state index contributed by atoms with van der Waals surface area (Å²) in [5.74, 6) is 0.714. The Labute approximate surface area is 97.1 Å². The summed E-state index contributed by atoms with van der Waals surface area (Å²) >= 11 is 0. The van der Waals surface area contributed by atoms with Crippen LogP contribution in [-0.4, -0.2) is 18.0 Å². The molecule has 0 spiro atoms. The van der Waals surface area contributed by atoms with Crippen molar-refractivity contribution >= 4 is 5.90 Å². The zero-order valence-electron chi connectivity index (χ0n) is 8.23. The SMILES string of the molecule is CC1(C)COC(c2[c-]cccc2)=N1.[Ru+]. The van der Waals surface area contributed by atoms with Crippen molar-refractivity contribution in [2.75, 3.05) is 6.61 Å². The number of hydrogen-bond donors (Lipinski definition) is 0. The van der Waals surface area contributed by atoms with Gasteiger partial charge in [-0.05, 0) is 13.8 Å². The van der Waals surface area contributed by atoms with Gasteiger partial charge in [-0.1, -0.05) is 5.56 Å². The fourth-order valence-corrected chi connectivity index (χ4v) is 1.25. The molecule has 0 saturated carbocycles. The Morgan fingerprint density at radius 2 is 2.21 bits per heavy atom. The van der Waals surface area contributed by atoms with Crippen molar-refractivity contribution in [1.82, 2.24) is 0 Å². The van der Waals surface area contributed by atoms with E-state index in [2.05, 4.69) is 24.9 Å². The Morgan fingerprint density at radius 1 is 1.43 bits per heavy atom. The van der Waals surface area contributed by atoms with Crippen molar-refractivity contribution < 1.29 is 24.2 Å². The molecule has 75 valence electrons. The van der Waals surface area contributed by atoms with Gasteiger partial charge >= 0.3 is 19.5 Å². The van der Waals surface area contributed by atoms with E-state index in [9.17, 15) is 0 Å². The van der Waals surface area contributed by atoms with Gasteiger partial charge in [-0.25, -0.2) is 0 Å². The number of benzene rings is 1. The molecule has 0 aliphatic carbocycles. The van der Waals surface area contributed by atoms with Crippen LogP contribution in [0, 0.1) is 6.07 Å². The summed E-state index contributed by atoms with van der Waals surface area (Å²) in [6.07, 6.45) is 0. The zero-order chi connectivity index (χ0) is 9.31. The molecule has 1 radical (unpaired) electrons. The molecule has 0 bridgehead atoms. The molecule has 1 aromatic carbocycles. The van der Waals surface area contributed by atoms with Crippen molar-refractivity contribution in [3.63, 3.8) is 0 Å². The van der Waals surface area contributed by atoms with Gasteiger partial charge in [0.2, 0.25) is 0 Å². The molecule has 0 unspecified atom stereocenters. The predicted octanol–water partition coefficient (Wildman–Crippen LogP) is 2.04. The minimum absolute atomic E-state index is 0. The molecule has 1 aromatic rings. The second-order valence-electron chi connectivity index (χ2n) is 3.79. The first-order chi connectivity index (χ1) is 6.17. The van der Waals surface area contributed by atoms with Crippen molar-refractivity contribution in [3.05, 3.63) is 35.9 Å². The van der Waals surface area contributed by atoms with Crippen LogP contribution in [0.3, 0.4) is 0 Å². The molecule has 3 heteroatoms. The molecule has 1 aliphatic heterocycles. The molecule has 1 heterocycles. The van der Waals surface area contributed by atoms with E-state index < -0.39 is 0 Å². The second-order valence-corrected chi connectivity index (χ2v) is 3.79. The third-order valence-corrected chi connectivity index (χ3v) is 1.91. The molecule has 0 atom stereocenters. The molecular formula is C11H12NORu. The quantitative estimate of drug-likeness (QED) is 0.568. The Morgan fingerprint density at radius 3 is 2.71 bits per heavy atom. The van der Waals surface area contributed by atoms with Crippen molar-refractivity contribution in [2.24, 2.45) is 4.99 Å². The van der Waals surface area contributed by atoms with Gasteiger partial charge in [0.05, 0.1) is 5.54 Å². The smallest absolute Gasteiger partial charge is 0.518 e. The maximum absolute atomic E-state index is 5.47. The molecule has 2 nitrogen and oxygen atoms in total. The summed E-state index contributed by atoms with van der Waals surface area (Å²) in [4.78, 5) is 4.45. The van der Waals surface area contributed by atoms with Crippen LogP contribution in [0.5, 0.6) is 0 Å². The van der Waals surface area contributed by atoms with Gasteiger partial charge in [0.25, 0.3) is 0 Å². The Hall–Kier alpha value is -0.687. The summed E-state index contributed by atoms with van der Waals surface area (Å²) in [6, 6.07) is 10.8. The first-order valence-corrected chi connectivity index (χ1v) is 4.37. The number of rotatable bonds is 1. The molecular weight excluding hydrogens is 263 g/mol. The minimum Gasteiger partial charge on any atom is -0.518 e. The van der Waals surface area contributed by atoms with Gasteiger partial charge in [-0.2, -0.15) is 0 Å². The van der Waals surface area contributed by atoms with Crippen LogP contribution < -0.4 is 0 Å². The van der Waals surface area contributed by atoms with Gasteiger partial charge in [0.15, 0.2) is 0 Å². The molecule has 0 aromatic heterocycles. The van der Waals surface area contributed by atoms with Crippen molar-refractivity contribution in [3.8, 4) is 0 Å². The first kappa shape index (κ1) is 11.4. The average molecular weight is 275 g/mol. The summed E-state index contributed by atoms with van der Waals surface area (Å²) in [6.45, 7) is 4.77. The Bertz CT molecular complexity index is 332. The van der Waals surface area contributed by atoms with Crippen LogP contribution in [0.1, 0.15) is 19.4 Å². The Kier molecular flexibility index (Phi) is 3.44. The topological polar surface area (TPSA) is 21.6 Å². The molecule has 14 heavy (non-hydrogen) atoms. The zero-order valence-corrected chi connectivity index (χ0v) is 9.96. The summed E-state index contributed by atoms with van der Waals surface area (Å²) in [5, 5.41) is 0. The summed E-state index contributed by atoms with van der Waals surface area (Å²) in [7, 11) is 0. The maximum atomic E-state index is 5.47. The third-order valence-electron chi connectivity index (χ3n) is 1.91. The molecule has 2 rings (SSSR count). The molecule has 0 fully saturated rings. The average Bonchev–Trinajstić information content (AvgIpc) is 2.48. The summed E-state index contributed by atoms with van der Waals surface area (Å²) in [5.41, 5.74) is 0.854. The van der Waals surface area contributed by atoms with E-state index in [4.69, 9.17) is 4.74 Å². The van der Waals surface area contributed by atoms with Crippen LogP contribution in [0.15, 0.2) is 29.3 Å². The first-order valence-electron chi connectivity index (χ1n) is 4.37. The number of aliphatic imine (C=N–C) groups is 1. The molecule has 1 aliphatic rings. The minimum atomic E-state index is -0.0843. The Balaban J connectivity index is 0.000000980. The van der Waals surface area contributed by atoms with E-state index in [1.165, 1.54) is 0 Å². The molecule has 0 saturated heterocycles. The summed E-state index contributed by atoms with van der Waals surface area (Å²) < 4.78 is 5.47. The van der Waals surface area contributed by atoms with E-state index in [0.717, 1.165) is 5.56 Å². The van der Waals surface area contributed by atoms with Crippen molar-refractivity contribution in [2.45, 2.75) is 19.4 Å². The maximum Gasteiger partial charge on any atom is 1.00 e. The second kappa shape index (κ2) is 4.23. The van der Waals surface area contributed by atoms with Gasteiger partial charge in [0, 0.05) is 0 Å². The number of hydrogen-bond acceptors (Lipinski definition) is 2. The van der Waals surface area contributed by atoms with Gasteiger partial charge in [-0.3, -0.25) is 4.99 Å². The predicted molar refractivity (Wildman–Crippen MR) is 51.8 cm³/mol.